The molecule has 6 heteroatoms. The molecule has 0 fully saturated rings. The van der Waals surface area contributed by atoms with Crippen LogP contribution in [0.3, 0.4) is 0 Å². The molecule has 0 heterocycles. The first-order valence-electron chi connectivity index (χ1n) is 9.51. The maximum Gasteiger partial charge on any atom is 0.120 e. The van der Waals surface area contributed by atoms with E-state index in [0.717, 1.165) is 33.8 Å². The van der Waals surface area contributed by atoms with E-state index in [0.29, 0.717) is 10.0 Å². The van der Waals surface area contributed by atoms with Gasteiger partial charge in [0.2, 0.25) is 0 Å². The van der Waals surface area contributed by atoms with Crippen molar-refractivity contribution in [3.8, 4) is 11.5 Å². The summed E-state index contributed by atoms with van der Waals surface area (Å²) in [6.45, 7) is 12.0. The molecule has 0 atom stereocenters. The van der Waals surface area contributed by atoms with Gasteiger partial charge in [0.25, 0.3) is 0 Å². The number of nitrogens with two attached hydrogens (primary N) is 1. The molecule has 0 aliphatic rings. The minimum atomic E-state index is 0.163. The summed E-state index contributed by atoms with van der Waals surface area (Å²) >= 11 is 6.36. The average molecular weight is 433 g/mol. The summed E-state index contributed by atoms with van der Waals surface area (Å²) in [7, 11) is 0. The second-order valence-electron chi connectivity index (χ2n) is 7.30. The summed E-state index contributed by atoms with van der Waals surface area (Å²) in [5.41, 5.74) is 9.57. The summed E-state index contributed by atoms with van der Waals surface area (Å²) in [5.74, 6) is 1.67. The fourth-order valence-corrected chi connectivity index (χ4v) is 3.04. The SMILES string of the molecule is CSC(=N)c1cc(C)cc(OC(C)C)c1.Cc1cc(OC(C)C)cc(C(N)=S)c1. The average Bonchev–Trinajstić information content (AvgIpc) is 2.59. The van der Waals surface area contributed by atoms with Crippen molar-refractivity contribution in [1.82, 2.24) is 0 Å². The van der Waals surface area contributed by atoms with E-state index in [-0.39, 0.29) is 12.2 Å². The van der Waals surface area contributed by atoms with Crippen molar-refractivity contribution in [3.05, 3.63) is 58.7 Å². The Morgan fingerprint density at radius 2 is 1.28 bits per heavy atom. The van der Waals surface area contributed by atoms with Gasteiger partial charge in [-0.15, -0.1) is 11.8 Å². The van der Waals surface area contributed by atoms with Crippen LogP contribution in [0.5, 0.6) is 11.5 Å². The third-order valence-electron chi connectivity index (χ3n) is 3.60. The van der Waals surface area contributed by atoms with Crippen LogP contribution in [0.1, 0.15) is 49.9 Å². The molecule has 2 rings (SSSR count). The summed E-state index contributed by atoms with van der Waals surface area (Å²) in [6.07, 6.45) is 2.24. The zero-order valence-electron chi connectivity index (χ0n) is 18.3. The molecule has 0 aliphatic heterocycles. The highest BCUT2D eigenvalue weighted by Crippen LogP contribution is 2.21. The molecule has 0 spiro atoms. The largest absolute Gasteiger partial charge is 0.491 e. The Morgan fingerprint density at radius 3 is 1.66 bits per heavy atom. The van der Waals surface area contributed by atoms with Gasteiger partial charge < -0.3 is 15.2 Å². The van der Waals surface area contributed by atoms with Gasteiger partial charge in [0.05, 0.1) is 17.3 Å². The number of nitrogens with one attached hydrogen (secondary N) is 1. The predicted molar refractivity (Wildman–Crippen MR) is 130 cm³/mol. The van der Waals surface area contributed by atoms with Crippen molar-refractivity contribution in [2.24, 2.45) is 5.73 Å². The summed E-state index contributed by atoms with van der Waals surface area (Å²) < 4.78 is 11.2. The highest BCUT2D eigenvalue weighted by molar-refractivity contribution is 8.13. The lowest BCUT2D eigenvalue weighted by Gasteiger charge is -2.12. The Balaban J connectivity index is 0.000000291. The van der Waals surface area contributed by atoms with Crippen molar-refractivity contribution in [2.45, 2.75) is 53.8 Å². The van der Waals surface area contributed by atoms with E-state index in [9.17, 15) is 0 Å². The first kappa shape index (κ1) is 25.0. The number of hydrogen-bond donors (Lipinski definition) is 2. The third kappa shape index (κ3) is 9.33. The Labute approximate surface area is 184 Å². The molecule has 2 aromatic carbocycles. The van der Waals surface area contributed by atoms with Crippen molar-refractivity contribution < 1.29 is 9.47 Å². The van der Waals surface area contributed by atoms with E-state index < -0.39 is 0 Å². The summed E-state index contributed by atoms with van der Waals surface area (Å²) in [4.78, 5) is 0.405. The monoisotopic (exact) mass is 432 g/mol. The van der Waals surface area contributed by atoms with Gasteiger partial charge in [-0.05, 0) is 95.3 Å². The van der Waals surface area contributed by atoms with Gasteiger partial charge in [0.15, 0.2) is 0 Å². The first-order valence-corrected chi connectivity index (χ1v) is 11.1. The maximum absolute atomic E-state index is 7.76. The predicted octanol–water partition coefficient (Wildman–Crippen LogP) is 5.89. The number of benzene rings is 2. The van der Waals surface area contributed by atoms with Crippen LogP contribution in [0, 0.1) is 19.3 Å². The van der Waals surface area contributed by atoms with E-state index >= 15 is 0 Å². The van der Waals surface area contributed by atoms with Crippen LogP contribution in [-0.4, -0.2) is 28.5 Å². The molecule has 0 bridgehead atoms. The second kappa shape index (κ2) is 11.8. The minimum Gasteiger partial charge on any atom is -0.491 e. The molecule has 0 saturated heterocycles. The Kier molecular flexibility index (Phi) is 10.2. The topological polar surface area (TPSA) is 68.3 Å². The van der Waals surface area contributed by atoms with Crippen LogP contribution in [0.25, 0.3) is 0 Å². The normalized spacial score (nSPS) is 10.4. The molecular formula is C23H32N2O2S2. The molecule has 0 radical (unpaired) electrons. The second-order valence-corrected chi connectivity index (χ2v) is 8.56. The zero-order valence-corrected chi connectivity index (χ0v) is 20.0. The van der Waals surface area contributed by atoms with Gasteiger partial charge in [-0.1, -0.05) is 12.2 Å². The number of aryl methyl sites for hydroxylation is 2. The highest BCUT2D eigenvalue weighted by Gasteiger charge is 2.05. The van der Waals surface area contributed by atoms with E-state index in [1.54, 1.807) is 0 Å². The van der Waals surface area contributed by atoms with Crippen LogP contribution >= 0.6 is 24.0 Å². The Morgan fingerprint density at radius 1 is 0.862 bits per heavy atom. The lowest BCUT2D eigenvalue weighted by atomic mass is 10.1. The quantitative estimate of drug-likeness (QED) is 0.338. The first-order chi connectivity index (χ1) is 13.5. The lowest BCUT2D eigenvalue weighted by molar-refractivity contribution is 0.242. The molecule has 0 aromatic heterocycles. The van der Waals surface area contributed by atoms with Crippen molar-refractivity contribution in [3.63, 3.8) is 0 Å². The van der Waals surface area contributed by atoms with Crippen molar-refractivity contribution in [1.29, 1.82) is 5.41 Å². The standard InChI is InChI=1S/C12H17NOS.C11H15NOS/c1-8(2)14-11-6-9(3)5-10(7-11)12(13)15-4;1-7(2)13-10-5-8(3)4-9(6-10)11(12)14/h5-8,13H,1-4H3;4-7H,1-3H3,(H2,12,14). The molecule has 0 amide bonds. The molecule has 0 unspecified atom stereocenters. The fourth-order valence-electron chi connectivity index (χ4n) is 2.57. The molecule has 29 heavy (non-hydrogen) atoms. The van der Waals surface area contributed by atoms with Gasteiger partial charge in [-0.25, -0.2) is 0 Å². The molecule has 3 N–H and O–H groups in total. The van der Waals surface area contributed by atoms with E-state index in [1.165, 1.54) is 11.8 Å². The number of ether oxygens (including phenoxy) is 2. The Bertz CT molecular complexity index is 849. The van der Waals surface area contributed by atoms with E-state index in [4.69, 9.17) is 32.8 Å². The van der Waals surface area contributed by atoms with Crippen LogP contribution in [-0.2, 0) is 0 Å². The third-order valence-corrected chi connectivity index (χ3v) is 4.48. The van der Waals surface area contributed by atoms with Gasteiger partial charge in [0, 0.05) is 11.1 Å². The number of thioether (sulfide) groups is 1. The zero-order chi connectivity index (χ0) is 22.1. The van der Waals surface area contributed by atoms with Crippen LogP contribution in [0.4, 0.5) is 0 Å². The maximum atomic E-state index is 7.76. The summed E-state index contributed by atoms with van der Waals surface area (Å²) in [6, 6.07) is 11.7. The van der Waals surface area contributed by atoms with Gasteiger partial charge >= 0.3 is 0 Å². The minimum absolute atomic E-state index is 0.163. The molecular weight excluding hydrogens is 400 g/mol. The van der Waals surface area contributed by atoms with Crippen molar-refractivity contribution in [2.75, 3.05) is 6.26 Å². The number of hydrogen-bond acceptors (Lipinski definition) is 5. The molecule has 0 saturated carbocycles. The lowest BCUT2D eigenvalue weighted by Crippen LogP contribution is -2.11. The van der Waals surface area contributed by atoms with Crippen LogP contribution in [0.2, 0.25) is 0 Å². The smallest absolute Gasteiger partial charge is 0.120 e. The van der Waals surface area contributed by atoms with Crippen LogP contribution < -0.4 is 15.2 Å². The highest BCUT2D eigenvalue weighted by atomic mass is 32.2. The van der Waals surface area contributed by atoms with Gasteiger partial charge in [0.1, 0.15) is 16.5 Å². The van der Waals surface area contributed by atoms with Gasteiger partial charge in [-0.2, -0.15) is 0 Å². The molecule has 4 nitrogen and oxygen atoms in total. The molecule has 0 aliphatic carbocycles. The van der Waals surface area contributed by atoms with E-state index in [1.807, 2.05) is 84.2 Å². The number of rotatable bonds is 6. The Hall–Kier alpha value is -2.05. The molecule has 158 valence electrons. The van der Waals surface area contributed by atoms with E-state index in [2.05, 4.69) is 0 Å². The molecule has 2 aromatic rings. The van der Waals surface area contributed by atoms with Gasteiger partial charge in [-0.3, -0.25) is 5.41 Å². The fraction of sp³-hybridized carbons (Fsp3) is 0.391. The number of thiocarbonyl (C=S) groups is 1. The van der Waals surface area contributed by atoms with Crippen LogP contribution in [0.15, 0.2) is 36.4 Å². The van der Waals surface area contributed by atoms with Crippen molar-refractivity contribution >= 4 is 34.0 Å². The summed E-state index contributed by atoms with van der Waals surface area (Å²) in [5, 5.41) is 8.34.